The summed E-state index contributed by atoms with van der Waals surface area (Å²) in [5.41, 5.74) is 6.51. The molecule has 2 amide bonds. The minimum absolute atomic E-state index is 0.00303. The van der Waals surface area contributed by atoms with Gasteiger partial charge in [0.2, 0.25) is 11.8 Å². The Kier molecular flexibility index (Phi) is 4.70. The largest absolute Gasteiger partial charge is 0.379 e. The first-order chi connectivity index (χ1) is 9.58. The minimum Gasteiger partial charge on any atom is -0.379 e. The maximum Gasteiger partial charge on any atom is 0.243 e. The Balaban J connectivity index is 1.86. The SMILES string of the molecule is CN(CC(=O)Nc1ccccc1)C(=O)C1COCC1N. The first kappa shape index (κ1) is 14.5. The molecule has 0 spiro atoms. The fraction of sp³-hybridized carbons (Fsp3) is 0.429. The van der Waals surface area contributed by atoms with Gasteiger partial charge in [-0.2, -0.15) is 0 Å². The Morgan fingerprint density at radius 1 is 1.35 bits per heavy atom. The van der Waals surface area contributed by atoms with Gasteiger partial charge < -0.3 is 20.7 Å². The third kappa shape index (κ3) is 3.55. The molecule has 0 aliphatic carbocycles. The van der Waals surface area contributed by atoms with Crippen molar-refractivity contribution in [2.75, 3.05) is 32.1 Å². The van der Waals surface area contributed by atoms with E-state index in [0.29, 0.717) is 18.9 Å². The molecule has 1 fully saturated rings. The molecule has 20 heavy (non-hydrogen) atoms. The number of amides is 2. The summed E-state index contributed by atoms with van der Waals surface area (Å²) in [6, 6.07) is 8.83. The predicted octanol–water partition coefficient (Wildman–Crippen LogP) is 0.0572. The van der Waals surface area contributed by atoms with Crippen molar-refractivity contribution in [3.63, 3.8) is 0 Å². The molecule has 2 unspecified atom stereocenters. The van der Waals surface area contributed by atoms with Gasteiger partial charge in [0.15, 0.2) is 0 Å². The number of nitrogens with two attached hydrogens (primary N) is 1. The Bertz CT molecular complexity index is 478. The number of rotatable bonds is 4. The standard InChI is InChI=1S/C14H19N3O3/c1-17(14(19)11-8-20-9-12(11)15)7-13(18)16-10-5-3-2-4-6-10/h2-6,11-12H,7-9,15H2,1H3,(H,16,18). The van der Waals surface area contributed by atoms with Crippen molar-refractivity contribution in [2.24, 2.45) is 11.7 Å². The van der Waals surface area contributed by atoms with Gasteiger partial charge in [-0.1, -0.05) is 18.2 Å². The van der Waals surface area contributed by atoms with Crippen LogP contribution in [-0.4, -0.2) is 49.6 Å². The lowest BCUT2D eigenvalue weighted by molar-refractivity contribution is -0.137. The summed E-state index contributed by atoms with van der Waals surface area (Å²) in [7, 11) is 1.60. The zero-order chi connectivity index (χ0) is 14.5. The second-order valence-corrected chi connectivity index (χ2v) is 4.92. The molecule has 0 bridgehead atoms. The monoisotopic (exact) mass is 277 g/mol. The van der Waals surface area contributed by atoms with Crippen LogP contribution >= 0.6 is 0 Å². The first-order valence-corrected chi connectivity index (χ1v) is 6.51. The van der Waals surface area contributed by atoms with E-state index in [1.165, 1.54) is 4.90 Å². The molecule has 6 heteroatoms. The van der Waals surface area contributed by atoms with Crippen LogP contribution in [0.15, 0.2) is 30.3 Å². The summed E-state index contributed by atoms with van der Waals surface area (Å²) in [6.07, 6.45) is 0. The molecule has 1 saturated heterocycles. The van der Waals surface area contributed by atoms with Gasteiger partial charge in [0, 0.05) is 18.8 Å². The number of likely N-dealkylation sites (N-methyl/N-ethyl adjacent to an activating group) is 1. The Morgan fingerprint density at radius 3 is 2.65 bits per heavy atom. The van der Waals surface area contributed by atoms with Crippen LogP contribution < -0.4 is 11.1 Å². The number of nitrogens with zero attached hydrogens (tertiary/aromatic N) is 1. The highest BCUT2D eigenvalue weighted by atomic mass is 16.5. The van der Waals surface area contributed by atoms with Crippen molar-refractivity contribution in [3.8, 4) is 0 Å². The van der Waals surface area contributed by atoms with Crippen LogP contribution in [0.5, 0.6) is 0 Å². The van der Waals surface area contributed by atoms with Crippen LogP contribution in [0.3, 0.4) is 0 Å². The molecule has 6 nitrogen and oxygen atoms in total. The molecule has 1 aliphatic rings. The van der Waals surface area contributed by atoms with Gasteiger partial charge in [-0.15, -0.1) is 0 Å². The first-order valence-electron chi connectivity index (χ1n) is 6.51. The minimum atomic E-state index is -0.357. The van der Waals surface area contributed by atoms with E-state index in [0.717, 1.165) is 0 Å². The van der Waals surface area contributed by atoms with Crippen molar-refractivity contribution in [3.05, 3.63) is 30.3 Å². The second-order valence-electron chi connectivity index (χ2n) is 4.92. The molecule has 0 aromatic heterocycles. The van der Waals surface area contributed by atoms with Crippen molar-refractivity contribution >= 4 is 17.5 Å². The molecule has 0 saturated carbocycles. The van der Waals surface area contributed by atoms with Gasteiger partial charge in [-0.3, -0.25) is 9.59 Å². The van der Waals surface area contributed by atoms with Gasteiger partial charge >= 0.3 is 0 Å². The highest BCUT2D eigenvalue weighted by Crippen LogP contribution is 2.14. The zero-order valence-corrected chi connectivity index (χ0v) is 11.4. The molecule has 108 valence electrons. The van der Waals surface area contributed by atoms with E-state index >= 15 is 0 Å². The summed E-state index contributed by atoms with van der Waals surface area (Å²) in [5, 5.41) is 2.73. The number of nitrogens with one attached hydrogen (secondary N) is 1. The molecule has 1 heterocycles. The highest BCUT2D eigenvalue weighted by molar-refractivity contribution is 5.94. The van der Waals surface area contributed by atoms with E-state index in [4.69, 9.17) is 10.5 Å². The van der Waals surface area contributed by atoms with Gasteiger partial charge in [0.05, 0.1) is 25.7 Å². The van der Waals surface area contributed by atoms with Crippen molar-refractivity contribution in [1.29, 1.82) is 0 Å². The van der Waals surface area contributed by atoms with Crippen LogP contribution in [0, 0.1) is 5.92 Å². The van der Waals surface area contributed by atoms with Crippen molar-refractivity contribution in [1.82, 2.24) is 4.90 Å². The van der Waals surface area contributed by atoms with E-state index < -0.39 is 0 Å². The lowest BCUT2D eigenvalue weighted by Crippen LogP contribution is -2.44. The summed E-state index contributed by atoms with van der Waals surface area (Å²) in [4.78, 5) is 25.4. The van der Waals surface area contributed by atoms with E-state index in [1.807, 2.05) is 18.2 Å². The molecular formula is C14H19N3O3. The summed E-state index contributed by atoms with van der Waals surface area (Å²) >= 11 is 0. The van der Waals surface area contributed by atoms with E-state index in [1.54, 1.807) is 19.2 Å². The Labute approximate surface area is 117 Å². The topological polar surface area (TPSA) is 84.7 Å². The maximum atomic E-state index is 12.1. The number of carbonyl (C=O) groups excluding carboxylic acids is 2. The van der Waals surface area contributed by atoms with E-state index in [-0.39, 0.29) is 30.3 Å². The van der Waals surface area contributed by atoms with Crippen LogP contribution in [0.4, 0.5) is 5.69 Å². The van der Waals surface area contributed by atoms with Crippen molar-refractivity contribution < 1.29 is 14.3 Å². The molecule has 1 aliphatic heterocycles. The summed E-state index contributed by atoms with van der Waals surface area (Å²) in [5.74, 6) is -0.748. The lowest BCUT2D eigenvalue weighted by atomic mass is 10.0. The maximum absolute atomic E-state index is 12.1. The lowest BCUT2D eigenvalue weighted by Gasteiger charge is -2.21. The molecular weight excluding hydrogens is 258 g/mol. The Hall–Kier alpha value is -1.92. The zero-order valence-electron chi connectivity index (χ0n) is 11.4. The third-order valence-electron chi connectivity index (χ3n) is 3.26. The molecule has 2 rings (SSSR count). The summed E-state index contributed by atoms with van der Waals surface area (Å²) < 4.78 is 5.17. The van der Waals surface area contributed by atoms with Gasteiger partial charge in [0.25, 0.3) is 0 Å². The van der Waals surface area contributed by atoms with Gasteiger partial charge in [-0.25, -0.2) is 0 Å². The van der Waals surface area contributed by atoms with Crippen LogP contribution in [-0.2, 0) is 14.3 Å². The average molecular weight is 277 g/mol. The molecule has 2 atom stereocenters. The number of hydrogen-bond donors (Lipinski definition) is 2. The normalized spacial score (nSPS) is 21.5. The molecule has 1 aromatic carbocycles. The van der Waals surface area contributed by atoms with Crippen molar-refractivity contribution in [2.45, 2.75) is 6.04 Å². The number of carbonyl (C=O) groups is 2. The molecule has 1 aromatic rings. The van der Waals surface area contributed by atoms with E-state index in [2.05, 4.69) is 5.32 Å². The van der Waals surface area contributed by atoms with Crippen LogP contribution in [0.25, 0.3) is 0 Å². The quantitative estimate of drug-likeness (QED) is 0.815. The number of benzene rings is 1. The molecule has 0 radical (unpaired) electrons. The second kappa shape index (κ2) is 6.49. The third-order valence-corrected chi connectivity index (χ3v) is 3.26. The number of para-hydroxylation sites is 1. The number of ether oxygens (including phenoxy) is 1. The van der Waals surface area contributed by atoms with Crippen LogP contribution in [0.1, 0.15) is 0 Å². The fourth-order valence-electron chi connectivity index (χ4n) is 2.12. The summed E-state index contributed by atoms with van der Waals surface area (Å²) in [6.45, 7) is 0.710. The van der Waals surface area contributed by atoms with Gasteiger partial charge in [0.1, 0.15) is 0 Å². The Morgan fingerprint density at radius 2 is 2.05 bits per heavy atom. The predicted molar refractivity (Wildman–Crippen MR) is 75.0 cm³/mol. The highest BCUT2D eigenvalue weighted by Gasteiger charge is 2.33. The van der Waals surface area contributed by atoms with Crippen LogP contribution in [0.2, 0.25) is 0 Å². The number of anilines is 1. The van der Waals surface area contributed by atoms with E-state index in [9.17, 15) is 9.59 Å². The average Bonchev–Trinajstić information content (AvgIpc) is 2.85. The fourth-order valence-corrected chi connectivity index (χ4v) is 2.12. The smallest absolute Gasteiger partial charge is 0.243 e. The number of hydrogen-bond acceptors (Lipinski definition) is 4. The van der Waals surface area contributed by atoms with Gasteiger partial charge in [-0.05, 0) is 12.1 Å². The molecule has 3 N–H and O–H groups in total.